The van der Waals surface area contributed by atoms with Gasteiger partial charge in [0.1, 0.15) is 0 Å². The van der Waals surface area contributed by atoms with Crippen LogP contribution in [0.5, 0.6) is 0 Å². The molecule has 1 atom stereocenters. The molecule has 1 aromatic carbocycles. The van der Waals surface area contributed by atoms with Gasteiger partial charge in [0, 0.05) is 36.7 Å². The number of amides is 1. The largest absolute Gasteiger partial charge is 0.326 e. The first-order chi connectivity index (χ1) is 13.8. The van der Waals surface area contributed by atoms with Gasteiger partial charge in [0.25, 0.3) is 5.92 Å². The van der Waals surface area contributed by atoms with Gasteiger partial charge in [-0.2, -0.15) is 5.10 Å². The topological polar surface area (TPSA) is 50.2 Å². The van der Waals surface area contributed by atoms with Crippen molar-refractivity contribution in [1.29, 1.82) is 0 Å². The van der Waals surface area contributed by atoms with Gasteiger partial charge in [0.15, 0.2) is 0 Å². The number of aromatic nitrogens is 2. The molecule has 2 fully saturated rings. The summed E-state index contributed by atoms with van der Waals surface area (Å²) in [6.45, 7) is 4.65. The fraction of sp³-hybridized carbons (Fsp3) is 0.636. The molecule has 0 spiro atoms. The highest BCUT2D eigenvalue weighted by Gasteiger charge is 2.42. The van der Waals surface area contributed by atoms with Crippen LogP contribution >= 0.6 is 0 Å². The molecule has 158 valence electrons. The van der Waals surface area contributed by atoms with Gasteiger partial charge in [-0.1, -0.05) is 6.92 Å². The third kappa shape index (κ3) is 4.60. The second-order valence-corrected chi connectivity index (χ2v) is 8.92. The molecule has 1 amide bonds. The Bertz CT molecular complexity index is 873. The lowest BCUT2D eigenvalue weighted by Gasteiger charge is -2.39. The maximum atomic E-state index is 14.0. The van der Waals surface area contributed by atoms with E-state index in [4.69, 9.17) is 5.10 Å². The summed E-state index contributed by atoms with van der Waals surface area (Å²) < 4.78 is 30.1. The number of likely N-dealkylation sites (tertiary alicyclic amines) is 1. The molecule has 2 heterocycles. The highest BCUT2D eigenvalue weighted by atomic mass is 19.3. The van der Waals surface area contributed by atoms with Gasteiger partial charge in [0.05, 0.1) is 18.1 Å². The Morgan fingerprint density at radius 1 is 1.24 bits per heavy atom. The van der Waals surface area contributed by atoms with Crippen molar-refractivity contribution < 1.29 is 13.6 Å². The number of rotatable bonds is 4. The van der Waals surface area contributed by atoms with Crippen LogP contribution in [0.15, 0.2) is 24.4 Å². The summed E-state index contributed by atoms with van der Waals surface area (Å²) in [4.78, 5) is 13.2. The van der Waals surface area contributed by atoms with Gasteiger partial charge in [-0.15, -0.1) is 0 Å². The average Bonchev–Trinajstić information content (AvgIpc) is 3.08. The molecule has 2 aliphatic rings. The standard InChI is InChI=1S/C22H30F2N4O/c1-15-9-10-27(14-22(15,23)24)12-17-3-6-20(7-4-17)28-13-18-11-19(25-16(2)29)5-8-21(18)26-28/h5,8,11,13,15,17,20H,3-4,6-7,9-10,12,14H2,1-2H3,(H,25,29). The van der Waals surface area contributed by atoms with Crippen LogP contribution < -0.4 is 5.32 Å². The summed E-state index contributed by atoms with van der Waals surface area (Å²) in [5.41, 5.74) is 1.70. The number of hydrogen-bond acceptors (Lipinski definition) is 3. The van der Waals surface area contributed by atoms with Crippen molar-refractivity contribution in [3.63, 3.8) is 0 Å². The second kappa shape index (κ2) is 8.01. The summed E-state index contributed by atoms with van der Waals surface area (Å²) in [6, 6.07) is 6.10. The molecular weight excluding hydrogens is 374 g/mol. The van der Waals surface area contributed by atoms with Gasteiger partial charge in [-0.25, -0.2) is 8.78 Å². The normalized spacial score (nSPS) is 27.8. The zero-order valence-electron chi connectivity index (χ0n) is 17.2. The van der Waals surface area contributed by atoms with Crippen LogP contribution in [0.25, 0.3) is 10.9 Å². The second-order valence-electron chi connectivity index (χ2n) is 8.92. The van der Waals surface area contributed by atoms with Crippen LogP contribution in [0.2, 0.25) is 0 Å². The van der Waals surface area contributed by atoms with Gasteiger partial charge in [-0.05, 0) is 62.8 Å². The van der Waals surface area contributed by atoms with Crippen LogP contribution in [0, 0.1) is 11.8 Å². The third-order valence-electron chi connectivity index (χ3n) is 6.58. The lowest BCUT2D eigenvalue weighted by atomic mass is 9.85. The summed E-state index contributed by atoms with van der Waals surface area (Å²) in [7, 11) is 0. The number of carbonyl (C=O) groups excluding carboxylic acids is 1. The molecule has 7 heteroatoms. The molecule has 5 nitrogen and oxygen atoms in total. The third-order valence-corrected chi connectivity index (χ3v) is 6.58. The first-order valence-corrected chi connectivity index (χ1v) is 10.7. The predicted molar refractivity (Wildman–Crippen MR) is 110 cm³/mol. The molecule has 29 heavy (non-hydrogen) atoms. The minimum atomic E-state index is -2.55. The number of anilines is 1. The Labute approximate surface area is 170 Å². The van der Waals surface area contributed by atoms with Gasteiger partial charge in [0.2, 0.25) is 5.91 Å². The number of fused-ring (bicyclic) bond motifs is 1. The number of nitrogens with zero attached hydrogens (tertiary/aromatic N) is 3. The SMILES string of the molecule is CC(=O)Nc1ccc2nn(C3CCC(CN4CCC(C)C(F)(F)C4)CC3)cc2c1. The van der Waals surface area contributed by atoms with E-state index >= 15 is 0 Å². The van der Waals surface area contributed by atoms with Gasteiger partial charge < -0.3 is 5.32 Å². The van der Waals surface area contributed by atoms with E-state index < -0.39 is 11.8 Å². The zero-order chi connectivity index (χ0) is 20.6. The number of benzene rings is 1. The van der Waals surface area contributed by atoms with Crippen molar-refractivity contribution in [3.05, 3.63) is 24.4 Å². The molecule has 0 radical (unpaired) electrons. The quantitative estimate of drug-likeness (QED) is 0.803. The molecular formula is C22H30F2N4O. The zero-order valence-corrected chi connectivity index (χ0v) is 17.2. The minimum Gasteiger partial charge on any atom is -0.326 e. The molecule has 1 N–H and O–H groups in total. The number of halogens is 2. The van der Waals surface area contributed by atoms with E-state index in [1.165, 1.54) is 6.92 Å². The maximum absolute atomic E-state index is 14.0. The summed E-state index contributed by atoms with van der Waals surface area (Å²) in [5.74, 6) is -2.65. The molecule has 1 unspecified atom stereocenters. The van der Waals surface area contributed by atoms with Crippen LogP contribution in [0.4, 0.5) is 14.5 Å². The van der Waals surface area contributed by atoms with Crippen LogP contribution in [0.3, 0.4) is 0 Å². The molecule has 0 bridgehead atoms. The number of nitrogens with one attached hydrogen (secondary N) is 1. The number of hydrogen-bond donors (Lipinski definition) is 1. The molecule has 1 aliphatic heterocycles. The van der Waals surface area contributed by atoms with Crippen LogP contribution in [-0.4, -0.2) is 46.1 Å². The summed E-state index contributed by atoms with van der Waals surface area (Å²) in [5, 5.41) is 8.54. The maximum Gasteiger partial charge on any atom is 0.263 e. The minimum absolute atomic E-state index is 0.0870. The fourth-order valence-corrected chi connectivity index (χ4v) is 4.75. The summed E-state index contributed by atoms with van der Waals surface area (Å²) >= 11 is 0. The first-order valence-electron chi connectivity index (χ1n) is 10.7. The van der Waals surface area contributed by atoms with Gasteiger partial charge in [-0.3, -0.25) is 14.4 Å². The number of piperidine rings is 1. The Hall–Kier alpha value is -2.02. The van der Waals surface area contributed by atoms with Crippen LogP contribution in [-0.2, 0) is 4.79 Å². The van der Waals surface area contributed by atoms with Crippen molar-refractivity contribution in [3.8, 4) is 0 Å². The number of carbonyl (C=O) groups is 1. The number of alkyl halides is 2. The van der Waals surface area contributed by atoms with Crippen LogP contribution in [0.1, 0.15) is 52.0 Å². The van der Waals surface area contributed by atoms with E-state index in [2.05, 4.69) is 16.2 Å². The first kappa shape index (κ1) is 20.3. The van der Waals surface area contributed by atoms with Crippen molar-refractivity contribution in [2.24, 2.45) is 11.8 Å². The molecule has 4 rings (SSSR count). The summed E-state index contributed by atoms with van der Waals surface area (Å²) in [6.07, 6.45) is 6.79. The molecule has 1 aliphatic carbocycles. The smallest absolute Gasteiger partial charge is 0.263 e. The van der Waals surface area contributed by atoms with Gasteiger partial charge >= 0.3 is 0 Å². The lowest BCUT2D eigenvalue weighted by Crippen LogP contribution is -2.49. The Morgan fingerprint density at radius 2 is 2.00 bits per heavy atom. The molecule has 1 aromatic heterocycles. The fourth-order valence-electron chi connectivity index (χ4n) is 4.75. The van der Waals surface area contributed by atoms with Crippen molar-refractivity contribution in [1.82, 2.24) is 14.7 Å². The van der Waals surface area contributed by atoms with E-state index in [1.807, 2.05) is 23.1 Å². The Balaban J connectivity index is 1.34. The highest BCUT2D eigenvalue weighted by molar-refractivity contribution is 5.92. The lowest BCUT2D eigenvalue weighted by molar-refractivity contribution is -0.114. The Morgan fingerprint density at radius 3 is 2.69 bits per heavy atom. The van der Waals surface area contributed by atoms with E-state index in [1.54, 1.807) is 6.92 Å². The Kier molecular flexibility index (Phi) is 5.60. The van der Waals surface area contributed by atoms with E-state index in [0.717, 1.165) is 55.4 Å². The van der Waals surface area contributed by atoms with Crippen molar-refractivity contribution in [2.45, 2.75) is 57.9 Å². The predicted octanol–water partition coefficient (Wildman–Crippen LogP) is 4.70. The molecule has 2 aromatic rings. The van der Waals surface area contributed by atoms with Crippen molar-refractivity contribution in [2.75, 3.05) is 25.0 Å². The van der Waals surface area contributed by atoms with E-state index in [-0.39, 0.29) is 12.5 Å². The van der Waals surface area contributed by atoms with E-state index in [9.17, 15) is 13.6 Å². The average molecular weight is 405 g/mol. The molecule has 1 saturated carbocycles. The molecule has 1 saturated heterocycles. The van der Waals surface area contributed by atoms with Crippen molar-refractivity contribution >= 4 is 22.5 Å². The van der Waals surface area contributed by atoms with E-state index in [0.29, 0.717) is 18.4 Å². The highest BCUT2D eigenvalue weighted by Crippen LogP contribution is 2.36. The monoisotopic (exact) mass is 404 g/mol.